The second-order valence-electron chi connectivity index (χ2n) is 10.4. The van der Waals surface area contributed by atoms with Crippen LogP contribution in [0.5, 0.6) is 0 Å². The van der Waals surface area contributed by atoms with Crippen LogP contribution in [0.3, 0.4) is 0 Å². The lowest BCUT2D eigenvalue weighted by molar-refractivity contribution is -0.116. The average Bonchev–Trinajstić information content (AvgIpc) is 3.64. The molecule has 2 atom stereocenters. The monoisotopic (exact) mass is 617 g/mol. The molecular formula is C30H22Cl3N7O2. The number of aryl methyl sites for hydroxylation is 1. The topological polar surface area (TPSA) is 110 Å². The highest BCUT2D eigenvalue weighted by atomic mass is 35.5. The smallest absolute Gasteiger partial charge is 0.252 e. The lowest BCUT2D eigenvalue weighted by atomic mass is 9.96. The molecule has 5 heterocycles. The standard InChI is InChI=1S/C30H22Cl3N7O2/c1-14-15(2)28(30-35-27(29(33)36-30)17-3-6-21-16(9-17)4-8-25(41)34-21)40-23(14)10-18(11-26(40)42)20-12-19(31)5-7-22(20)39-13-24(32)37-38-39/h3,5-7,9-13,15,28H,1,4,8H2,2H3,(H,34,41)(H,35,36)/t15-,28-/m0/s1. The fraction of sp³-hybridized carbons (Fsp3) is 0.167. The average molecular weight is 619 g/mol. The minimum Gasteiger partial charge on any atom is -0.331 e. The van der Waals surface area contributed by atoms with Crippen molar-refractivity contribution in [3.8, 4) is 28.1 Å². The SMILES string of the molecule is C=C1c2cc(-c3cc(Cl)ccc3-n3cc(Cl)nn3)cc(=O)n2[C@H](c2nc(-c3ccc4c(c3)CCC(=O)N4)c(Cl)[nH]2)[C@H]1C. The number of rotatable bonds is 4. The van der Waals surface area contributed by atoms with E-state index in [0.717, 1.165) is 22.4 Å². The second-order valence-corrected chi connectivity index (χ2v) is 11.6. The van der Waals surface area contributed by atoms with Crippen LogP contribution in [0.15, 0.2) is 66.1 Å². The number of hydrogen-bond donors (Lipinski definition) is 2. The van der Waals surface area contributed by atoms with Gasteiger partial charge >= 0.3 is 0 Å². The number of carbonyl (C=O) groups excluding carboxylic acids is 1. The third-order valence-electron chi connectivity index (χ3n) is 7.91. The van der Waals surface area contributed by atoms with Crippen molar-refractivity contribution >= 4 is 52.0 Å². The van der Waals surface area contributed by atoms with E-state index in [1.807, 2.05) is 31.2 Å². The summed E-state index contributed by atoms with van der Waals surface area (Å²) in [5.41, 5.74) is 6.52. The molecule has 2 aromatic carbocycles. The molecule has 0 saturated carbocycles. The van der Waals surface area contributed by atoms with Crippen LogP contribution in [0.25, 0.3) is 33.6 Å². The summed E-state index contributed by atoms with van der Waals surface area (Å²) in [4.78, 5) is 33.6. The van der Waals surface area contributed by atoms with Gasteiger partial charge in [-0.3, -0.25) is 14.2 Å². The lowest BCUT2D eigenvalue weighted by Gasteiger charge is -2.17. The number of imidazole rings is 1. The molecule has 210 valence electrons. The number of anilines is 1. The van der Waals surface area contributed by atoms with Crippen molar-refractivity contribution < 1.29 is 4.79 Å². The number of allylic oxidation sites excluding steroid dienone is 1. The molecule has 0 unspecified atom stereocenters. The van der Waals surface area contributed by atoms with Gasteiger partial charge in [0.25, 0.3) is 5.56 Å². The summed E-state index contributed by atoms with van der Waals surface area (Å²) in [6, 6.07) is 14.1. The van der Waals surface area contributed by atoms with E-state index in [2.05, 4.69) is 27.2 Å². The lowest BCUT2D eigenvalue weighted by Crippen LogP contribution is -2.25. The minimum absolute atomic E-state index is 0.00688. The first-order valence-corrected chi connectivity index (χ1v) is 14.3. The number of benzene rings is 2. The summed E-state index contributed by atoms with van der Waals surface area (Å²) in [6.07, 6.45) is 2.66. The molecule has 5 aromatic rings. The Kier molecular flexibility index (Phi) is 6.34. The molecule has 2 aliphatic heterocycles. The number of nitrogens with zero attached hydrogens (tertiary/aromatic N) is 5. The summed E-state index contributed by atoms with van der Waals surface area (Å²) in [5.74, 6) is 0.422. The number of H-pyrrole nitrogens is 1. The zero-order valence-electron chi connectivity index (χ0n) is 22.2. The predicted molar refractivity (Wildman–Crippen MR) is 163 cm³/mol. The van der Waals surface area contributed by atoms with Crippen molar-refractivity contribution in [2.24, 2.45) is 5.92 Å². The highest BCUT2D eigenvalue weighted by Gasteiger charge is 2.37. The molecule has 3 aromatic heterocycles. The van der Waals surface area contributed by atoms with Gasteiger partial charge in [0.05, 0.1) is 11.9 Å². The van der Waals surface area contributed by atoms with Gasteiger partial charge in [-0.2, -0.15) is 0 Å². The molecular weight excluding hydrogens is 597 g/mol. The van der Waals surface area contributed by atoms with Crippen molar-refractivity contribution in [2.45, 2.75) is 25.8 Å². The van der Waals surface area contributed by atoms with E-state index in [1.165, 1.54) is 0 Å². The molecule has 0 aliphatic carbocycles. The molecule has 7 rings (SSSR count). The first-order valence-electron chi connectivity index (χ1n) is 13.2. The van der Waals surface area contributed by atoms with E-state index >= 15 is 0 Å². The summed E-state index contributed by atoms with van der Waals surface area (Å²) in [7, 11) is 0. The van der Waals surface area contributed by atoms with Gasteiger partial charge in [0, 0.05) is 45.9 Å². The maximum atomic E-state index is 13.8. The normalized spacial score (nSPS) is 17.7. The maximum absolute atomic E-state index is 13.8. The third-order valence-corrected chi connectivity index (χ3v) is 8.59. The van der Waals surface area contributed by atoms with Gasteiger partial charge in [0.2, 0.25) is 5.91 Å². The zero-order chi connectivity index (χ0) is 29.3. The number of nitrogens with one attached hydrogen (secondary N) is 2. The van der Waals surface area contributed by atoms with Crippen LogP contribution in [0, 0.1) is 5.92 Å². The van der Waals surface area contributed by atoms with Crippen molar-refractivity contribution in [1.82, 2.24) is 29.5 Å². The van der Waals surface area contributed by atoms with Crippen LogP contribution in [0.1, 0.15) is 36.5 Å². The first kappa shape index (κ1) is 26.7. The number of halogens is 3. The highest BCUT2D eigenvalue weighted by Crippen LogP contribution is 2.44. The number of aromatic nitrogens is 6. The first-order chi connectivity index (χ1) is 20.2. The molecule has 0 bridgehead atoms. The Morgan fingerprint density at radius 1 is 1.00 bits per heavy atom. The van der Waals surface area contributed by atoms with Crippen LogP contribution in [0.2, 0.25) is 15.3 Å². The van der Waals surface area contributed by atoms with Gasteiger partial charge in [0.1, 0.15) is 22.7 Å². The molecule has 0 fully saturated rings. The third kappa shape index (κ3) is 4.36. The summed E-state index contributed by atoms with van der Waals surface area (Å²) >= 11 is 19.1. The number of aromatic amines is 1. The van der Waals surface area contributed by atoms with Gasteiger partial charge in [-0.15, -0.1) is 5.10 Å². The number of carbonyl (C=O) groups is 1. The van der Waals surface area contributed by atoms with E-state index < -0.39 is 6.04 Å². The minimum atomic E-state index is -0.440. The van der Waals surface area contributed by atoms with E-state index in [0.29, 0.717) is 57.0 Å². The number of fused-ring (bicyclic) bond motifs is 2. The number of hydrogen-bond acceptors (Lipinski definition) is 5. The highest BCUT2D eigenvalue weighted by molar-refractivity contribution is 6.32. The Labute approximate surface area is 254 Å². The van der Waals surface area contributed by atoms with Crippen LogP contribution in [-0.4, -0.2) is 35.4 Å². The van der Waals surface area contributed by atoms with E-state index in [9.17, 15) is 9.59 Å². The molecule has 9 nitrogen and oxygen atoms in total. The summed E-state index contributed by atoms with van der Waals surface area (Å²) in [5, 5.41) is 12.0. The number of pyridine rings is 1. The van der Waals surface area contributed by atoms with Gasteiger partial charge in [-0.05, 0) is 59.5 Å². The molecule has 1 amide bonds. The van der Waals surface area contributed by atoms with Crippen molar-refractivity contribution in [2.75, 3.05) is 5.32 Å². The van der Waals surface area contributed by atoms with Crippen LogP contribution >= 0.6 is 34.8 Å². The van der Waals surface area contributed by atoms with Crippen LogP contribution < -0.4 is 10.9 Å². The van der Waals surface area contributed by atoms with Gasteiger partial charge in [-0.25, -0.2) is 9.67 Å². The Hall–Kier alpha value is -4.18. The molecule has 2 aliphatic rings. The van der Waals surface area contributed by atoms with Crippen LogP contribution in [-0.2, 0) is 11.2 Å². The second kappa shape index (κ2) is 9.97. The van der Waals surface area contributed by atoms with Gasteiger partial charge < -0.3 is 10.3 Å². The fourth-order valence-electron chi connectivity index (χ4n) is 5.81. The molecule has 42 heavy (non-hydrogen) atoms. The fourth-order valence-corrected chi connectivity index (χ4v) is 6.35. The Balaban J connectivity index is 1.30. The largest absolute Gasteiger partial charge is 0.331 e. The van der Waals surface area contributed by atoms with E-state index in [1.54, 1.807) is 39.7 Å². The Morgan fingerprint density at radius 2 is 1.83 bits per heavy atom. The molecule has 2 N–H and O–H groups in total. The van der Waals surface area contributed by atoms with Crippen LogP contribution in [0.4, 0.5) is 5.69 Å². The molecule has 0 saturated heterocycles. The molecule has 0 spiro atoms. The maximum Gasteiger partial charge on any atom is 0.252 e. The Morgan fingerprint density at radius 3 is 2.62 bits per heavy atom. The van der Waals surface area contributed by atoms with Gasteiger partial charge in [-0.1, -0.05) is 59.6 Å². The Bertz CT molecular complexity index is 2010. The zero-order valence-corrected chi connectivity index (χ0v) is 24.4. The van der Waals surface area contributed by atoms with E-state index in [-0.39, 0.29) is 22.5 Å². The molecule has 0 radical (unpaired) electrons. The quantitative estimate of drug-likeness (QED) is 0.236. The summed E-state index contributed by atoms with van der Waals surface area (Å²) < 4.78 is 3.24. The molecule has 12 heteroatoms. The van der Waals surface area contributed by atoms with Crippen molar-refractivity contribution in [1.29, 1.82) is 0 Å². The van der Waals surface area contributed by atoms with Crippen molar-refractivity contribution in [3.63, 3.8) is 0 Å². The predicted octanol–water partition coefficient (Wildman–Crippen LogP) is 6.58. The van der Waals surface area contributed by atoms with E-state index in [4.69, 9.17) is 39.8 Å². The van der Waals surface area contributed by atoms with Crippen molar-refractivity contribution in [3.05, 3.63) is 104 Å². The summed E-state index contributed by atoms with van der Waals surface area (Å²) in [6.45, 7) is 6.34. The van der Waals surface area contributed by atoms with Gasteiger partial charge in [0.15, 0.2) is 5.15 Å². The number of amides is 1.